The van der Waals surface area contributed by atoms with Gasteiger partial charge in [0, 0.05) is 28.9 Å². The van der Waals surface area contributed by atoms with Crippen molar-refractivity contribution in [2.75, 3.05) is 19.5 Å². The number of methoxy groups -OCH3 is 2. The van der Waals surface area contributed by atoms with E-state index < -0.39 is 0 Å². The molecular formula is C26H24ClN3O4. The van der Waals surface area contributed by atoms with Crippen molar-refractivity contribution in [1.82, 2.24) is 9.88 Å². The number of benzene rings is 3. The number of carbonyl (C=O) groups is 1. The Balaban J connectivity index is 1.64. The summed E-state index contributed by atoms with van der Waals surface area (Å²) in [5, 5.41) is 4.22. The maximum atomic E-state index is 13.2. The highest BCUT2D eigenvalue weighted by molar-refractivity contribution is 6.30. The van der Waals surface area contributed by atoms with Crippen molar-refractivity contribution in [3.05, 3.63) is 99.3 Å². The van der Waals surface area contributed by atoms with E-state index >= 15 is 0 Å². The van der Waals surface area contributed by atoms with Crippen LogP contribution in [0.1, 0.15) is 11.1 Å². The lowest BCUT2D eigenvalue weighted by Crippen LogP contribution is -2.35. The molecule has 8 heteroatoms. The molecule has 3 aromatic carbocycles. The van der Waals surface area contributed by atoms with Crippen LogP contribution in [0.2, 0.25) is 5.02 Å². The Kier molecular flexibility index (Phi) is 7.04. The highest BCUT2D eigenvalue weighted by Gasteiger charge is 2.18. The zero-order valence-corrected chi connectivity index (χ0v) is 19.6. The Labute approximate surface area is 201 Å². The van der Waals surface area contributed by atoms with Gasteiger partial charge in [0.15, 0.2) is 0 Å². The molecule has 2 amide bonds. The van der Waals surface area contributed by atoms with Gasteiger partial charge in [0.25, 0.3) is 5.56 Å². The highest BCUT2D eigenvalue weighted by atomic mass is 35.5. The third-order valence-electron chi connectivity index (χ3n) is 5.39. The minimum Gasteiger partial charge on any atom is -0.497 e. The second kappa shape index (κ2) is 10.3. The largest absolute Gasteiger partial charge is 0.497 e. The molecule has 1 aromatic heterocycles. The lowest BCUT2D eigenvalue weighted by atomic mass is 10.1. The molecule has 0 radical (unpaired) electrons. The topological polar surface area (TPSA) is 83.7 Å². The van der Waals surface area contributed by atoms with Crippen molar-refractivity contribution in [2.45, 2.75) is 13.1 Å². The quantitative estimate of drug-likeness (QED) is 0.371. The van der Waals surface area contributed by atoms with E-state index in [1.165, 1.54) is 0 Å². The van der Waals surface area contributed by atoms with Gasteiger partial charge in [-0.3, -0.25) is 4.79 Å². The van der Waals surface area contributed by atoms with Crippen LogP contribution in [-0.4, -0.2) is 30.1 Å². The molecule has 174 valence electrons. The van der Waals surface area contributed by atoms with Crippen LogP contribution in [0.3, 0.4) is 0 Å². The van der Waals surface area contributed by atoms with E-state index in [2.05, 4.69) is 10.3 Å². The Morgan fingerprint density at radius 3 is 2.38 bits per heavy atom. The third kappa shape index (κ3) is 5.50. The summed E-state index contributed by atoms with van der Waals surface area (Å²) in [4.78, 5) is 30.5. The first kappa shape index (κ1) is 23.2. The van der Waals surface area contributed by atoms with Crippen LogP contribution < -0.4 is 20.3 Å². The van der Waals surface area contributed by atoms with Gasteiger partial charge in [-0.2, -0.15) is 0 Å². The maximum Gasteiger partial charge on any atom is 0.322 e. The molecule has 0 unspecified atom stereocenters. The van der Waals surface area contributed by atoms with E-state index in [1.807, 2.05) is 36.4 Å². The first-order valence-electron chi connectivity index (χ1n) is 10.6. The molecule has 0 aliphatic carbocycles. The van der Waals surface area contributed by atoms with Crippen molar-refractivity contribution >= 4 is 34.2 Å². The molecular weight excluding hydrogens is 454 g/mol. The summed E-state index contributed by atoms with van der Waals surface area (Å²) in [5.41, 5.74) is 2.32. The van der Waals surface area contributed by atoms with Gasteiger partial charge in [-0.15, -0.1) is 0 Å². The normalized spacial score (nSPS) is 10.7. The highest BCUT2D eigenvalue weighted by Crippen LogP contribution is 2.21. The Morgan fingerprint density at radius 2 is 1.68 bits per heavy atom. The van der Waals surface area contributed by atoms with E-state index in [0.717, 1.165) is 16.7 Å². The second-order valence-corrected chi connectivity index (χ2v) is 8.16. The van der Waals surface area contributed by atoms with Gasteiger partial charge in [-0.1, -0.05) is 29.8 Å². The fraction of sp³-hybridized carbons (Fsp3) is 0.154. The molecule has 7 nitrogen and oxygen atoms in total. The zero-order chi connectivity index (χ0) is 24.1. The van der Waals surface area contributed by atoms with Gasteiger partial charge in [-0.05, 0) is 59.5 Å². The molecule has 0 spiro atoms. The smallest absolute Gasteiger partial charge is 0.322 e. The van der Waals surface area contributed by atoms with Gasteiger partial charge in [0.2, 0.25) is 0 Å². The summed E-state index contributed by atoms with van der Waals surface area (Å²) in [5.74, 6) is 1.37. The Bertz CT molecular complexity index is 1370. The van der Waals surface area contributed by atoms with Gasteiger partial charge in [0.1, 0.15) is 11.5 Å². The fourth-order valence-corrected chi connectivity index (χ4v) is 3.79. The molecule has 0 aliphatic rings. The molecule has 0 atom stereocenters. The molecule has 1 heterocycles. The summed E-state index contributed by atoms with van der Waals surface area (Å²) in [6, 6.07) is 21.2. The number of hydrogen-bond donors (Lipinski definition) is 2. The average molecular weight is 478 g/mol. The summed E-state index contributed by atoms with van der Waals surface area (Å²) in [6.07, 6.45) is 0. The average Bonchev–Trinajstić information content (AvgIpc) is 2.84. The van der Waals surface area contributed by atoms with Gasteiger partial charge in [-0.25, -0.2) is 4.79 Å². The molecule has 4 aromatic rings. The molecule has 4 rings (SSSR count). The van der Waals surface area contributed by atoms with Crippen LogP contribution in [0.15, 0.2) is 77.6 Å². The molecule has 34 heavy (non-hydrogen) atoms. The number of rotatable bonds is 7. The second-order valence-electron chi connectivity index (χ2n) is 7.72. The first-order chi connectivity index (χ1) is 16.4. The number of nitrogens with one attached hydrogen (secondary N) is 2. The number of carbonyl (C=O) groups excluding carboxylic acids is 1. The minimum absolute atomic E-state index is 0.107. The number of aromatic amines is 1. The lowest BCUT2D eigenvalue weighted by Gasteiger charge is -2.23. The monoisotopic (exact) mass is 477 g/mol. The number of H-pyrrole nitrogens is 1. The van der Waals surface area contributed by atoms with E-state index in [0.29, 0.717) is 27.5 Å². The minimum atomic E-state index is -0.354. The number of urea groups is 1. The van der Waals surface area contributed by atoms with Gasteiger partial charge < -0.3 is 24.7 Å². The summed E-state index contributed by atoms with van der Waals surface area (Å²) in [6.45, 7) is 0.395. The van der Waals surface area contributed by atoms with E-state index in [4.69, 9.17) is 21.1 Å². The molecule has 0 aliphatic heterocycles. The summed E-state index contributed by atoms with van der Waals surface area (Å²) in [7, 11) is 3.17. The number of halogens is 1. The third-order valence-corrected chi connectivity index (χ3v) is 5.62. The van der Waals surface area contributed by atoms with Crippen molar-refractivity contribution in [3.8, 4) is 11.5 Å². The maximum absolute atomic E-state index is 13.2. The van der Waals surface area contributed by atoms with Crippen molar-refractivity contribution in [1.29, 1.82) is 0 Å². The van der Waals surface area contributed by atoms with Crippen molar-refractivity contribution in [2.24, 2.45) is 0 Å². The van der Waals surface area contributed by atoms with Crippen LogP contribution in [-0.2, 0) is 13.1 Å². The van der Waals surface area contributed by atoms with E-state index in [-0.39, 0.29) is 24.7 Å². The SMILES string of the molecule is COc1ccc(CN(Cc2cc3ccc(OC)cc3[nH]c2=O)C(=O)Nc2cccc(Cl)c2)cc1. The zero-order valence-electron chi connectivity index (χ0n) is 18.8. The summed E-state index contributed by atoms with van der Waals surface area (Å²) >= 11 is 6.06. The standard InChI is InChI=1S/C26H24ClN3O4/c1-33-22-9-6-17(7-10-22)15-30(26(32)28-21-5-3-4-20(27)13-21)16-19-12-18-8-11-23(34-2)14-24(18)29-25(19)31/h3-14H,15-16H2,1-2H3,(H,28,32)(H,29,31). The predicted molar refractivity (Wildman–Crippen MR) is 134 cm³/mol. The Hall–Kier alpha value is -3.97. The number of nitrogens with zero attached hydrogens (tertiary/aromatic N) is 1. The fourth-order valence-electron chi connectivity index (χ4n) is 3.60. The van der Waals surface area contributed by atoms with Crippen molar-refractivity contribution < 1.29 is 14.3 Å². The number of hydrogen-bond acceptors (Lipinski definition) is 4. The van der Waals surface area contributed by atoms with Crippen LogP contribution in [0.25, 0.3) is 10.9 Å². The number of amides is 2. The Morgan fingerprint density at radius 1 is 0.941 bits per heavy atom. The lowest BCUT2D eigenvalue weighted by molar-refractivity contribution is 0.206. The van der Waals surface area contributed by atoms with Crippen molar-refractivity contribution in [3.63, 3.8) is 0 Å². The first-order valence-corrected chi connectivity index (χ1v) is 11.0. The van der Waals surface area contributed by atoms with E-state index in [1.54, 1.807) is 55.5 Å². The van der Waals surface area contributed by atoms with Gasteiger partial charge in [0.05, 0.1) is 26.3 Å². The van der Waals surface area contributed by atoms with Crippen LogP contribution in [0.5, 0.6) is 11.5 Å². The number of ether oxygens (including phenoxy) is 2. The van der Waals surface area contributed by atoms with Gasteiger partial charge >= 0.3 is 6.03 Å². The number of fused-ring (bicyclic) bond motifs is 1. The molecule has 0 saturated carbocycles. The molecule has 0 fully saturated rings. The molecule has 0 bridgehead atoms. The van der Waals surface area contributed by atoms with Crippen LogP contribution in [0.4, 0.5) is 10.5 Å². The molecule has 0 saturated heterocycles. The predicted octanol–water partition coefficient (Wildman–Crippen LogP) is 5.43. The summed E-state index contributed by atoms with van der Waals surface area (Å²) < 4.78 is 10.5. The number of pyridine rings is 1. The van der Waals surface area contributed by atoms with Crippen LogP contribution in [0, 0.1) is 0 Å². The van der Waals surface area contributed by atoms with E-state index in [9.17, 15) is 9.59 Å². The number of aromatic nitrogens is 1. The number of anilines is 1. The molecule has 2 N–H and O–H groups in total. The van der Waals surface area contributed by atoms with Crippen LogP contribution >= 0.6 is 11.6 Å².